The molecule has 2 nitrogen and oxygen atoms in total. The van der Waals surface area contributed by atoms with E-state index in [9.17, 15) is 8.78 Å². The quantitative estimate of drug-likeness (QED) is 0.589. The van der Waals surface area contributed by atoms with Gasteiger partial charge in [0.1, 0.15) is 0 Å². The Bertz CT molecular complexity index is 262. The molecule has 0 saturated heterocycles. The highest BCUT2D eigenvalue weighted by Crippen LogP contribution is 2.28. The maximum atomic E-state index is 13.6. The Morgan fingerprint density at radius 3 is 1.35 bits per heavy atom. The van der Waals surface area contributed by atoms with E-state index in [1.54, 1.807) is 0 Å². The normalized spacial score (nSPS) is 14.7. The largest absolute Gasteiger partial charge is 0.302 e. The van der Waals surface area contributed by atoms with E-state index in [2.05, 4.69) is 13.8 Å². The number of hydrogen-bond donors (Lipinski definition) is 0. The second-order valence-corrected chi connectivity index (χ2v) is 5.96. The van der Waals surface area contributed by atoms with Crippen LogP contribution in [0.1, 0.15) is 52.4 Å². The molecule has 0 aliphatic carbocycles. The van der Waals surface area contributed by atoms with Gasteiger partial charge in [-0.1, -0.05) is 39.5 Å². The van der Waals surface area contributed by atoms with E-state index in [0.717, 1.165) is 38.5 Å². The smallest absolute Gasteiger partial charge is 0.272 e. The van der Waals surface area contributed by atoms with Crippen molar-refractivity contribution in [3.8, 4) is 0 Å². The molecule has 0 spiro atoms. The van der Waals surface area contributed by atoms with Crippen molar-refractivity contribution >= 4 is 0 Å². The second-order valence-electron chi connectivity index (χ2n) is 5.96. The van der Waals surface area contributed by atoms with Crippen LogP contribution < -0.4 is 0 Å². The molecule has 0 rings (SSSR count). The van der Waals surface area contributed by atoms with Crippen molar-refractivity contribution in [1.82, 2.24) is 9.80 Å². The van der Waals surface area contributed by atoms with Crippen LogP contribution in [0.4, 0.5) is 8.78 Å². The summed E-state index contributed by atoms with van der Waals surface area (Å²) >= 11 is 0. The van der Waals surface area contributed by atoms with Crippen LogP contribution in [0.5, 0.6) is 0 Å². The van der Waals surface area contributed by atoms with E-state index in [1.807, 2.05) is 38.0 Å². The van der Waals surface area contributed by atoms with Gasteiger partial charge in [-0.2, -0.15) is 8.78 Å². The molecule has 0 bridgehead atoms. The van der Waals surface area contributed by atoms with Crippen LogP contribution in [-0.2, 0) is 0 Å². The van der Waals surface area contributed by atoms with E-state index >= 15 is 0 Å². The number of nitrogens with zero attached hydrogens (tertiary/aromatic N) is 2. The molecule has 0 aromatic carbocycles. The van der Waals surface area contributed by atoms with Gasteiger partial charge >= 0.3 is 0 Å². The highest BCUT2D eigenvalue weighted by molar-refractivity contribution is 5.19. The minimum Gasteiger partial charge on any atom is -0.302 e. The molecule has 0 heterocycles. The molecule has 0 fully saturated rings. The van der Waals surface area contributed by atoms with Gasteiger partial charge in [-0.15, -0.1) is 0 Å². The molecule has 0 aliphatic rings. The van der Waals surface area contributed by atoms with E-state index in [1.165, 1.54) is 0 Å². The third-order valence-electron chi connectivity index (χ3n) is 3.85. The van der Waals surface area contributed by atoms with E-state index in [-0.39, 0.29) is 12.1 Å². The third-order valence-corrected chi connectivity index (χ3v) is 3.85. The molecule has 120 valence electrons. The SMILES string of the molecule is CCCCC(C(=C(F)F)C(CCCC)N(C)C)N(C)C. The Balaban J connectivity index is 5.29. The maximum Gasteiger partial charge on any atom is 0.272 e. The van der Waals surface area contributed by atoms with Gasteiger partial charge in [0.05, 0.1) is 0 Å². The van der Waals surface area contributed by atoms with Gasteiger partial charge in [0.25, 0.3) is 6.08 Å². The van der Waals surface area contributed by atoms with Gasteiger partial charge in [0.2, 0.25) is 0 Å². The predicted molar refractivity (Wildman–Crippen MR) is 83.2 cm³/mol. The second kappa shape index (κ2) is 10.3. The molecule has 2 atom stereocenters. The van der Waals surface area contributed by atoms with Crippen molar-refractivity contribution in [3.05, 3.63) is 11.7 Å². The molecule has 4 heteroatoms. The van der Waals surface area contributed by atoms with Crippen molar-refractivity contribution in [2.75, 3.05) is 28.2 Å². The molecule has 0 aromatic rings. The van der Waals surface area contributed by atoms with Gasteiger partial charge in [0, 0.05) is 17.7 Å². The highest BCUT2D eigenvalue weighted by Gasteiger charge is 2.29. The Kier molecular flexibility index (Phi) is 10.0. The fourth-order valence-corrected chi connectivity index (χ4v) is 2.65. The molecule has 0 amide bonds. The van der Waals surface area contributed by atoms with Crippen LogP contribution >= 0.6 is 0 Å². The first-order valence-corrected chi connectivity index (χ1v) is 7.74. The van der Waals surface area contributed by atoms with Crippen LogP contribution in [0.25, 0.3) is 0 Å². The number of likely N-dealkylation sites (N-methyl/N-ethyl adjacent to an activating group) is 2. The summed E-state index contributed by atoms with van der Waals surface area (Å²) in [6.07, 6.45) is 4.13. The highest BCUT2D eigenvalue weighted by atomic mass is 19.3. The molecule has 0 aromatic heterocycles. The molecular formula is C16H32F2N2. The fraction of sp³-hybridized carbons (Fsp3) is 0.875. The molecule has 0 radical (unpaired) electrons. The topological polar surface area (TPSA) is 6.48 Å². The Morgan fingerprint density at radius 1 is 0.800 bits per heavy atom. The number of rotatable bonds is 10. The zero-order valence-electron chi connectivity index (χ0n) is 14.0. The summed E-state index contributed by atoms with van der Waals surface area (Å²) in [5.74, 6) is 0. The molecule has 20 heavy (non-hydrogen) atoms. The molecular weight excluding hydrogens is 258 g/mol. The lowest BCUT2D eigenvalue weighted by molar-refractivity contribution is 0.223. The van der Waals surface area contributed by atoms with Crippen LogP contribution in [0.2, 0.25) is 0 Å². The van der Waals surface area contributed by atoms with Gasteiger partial charge in [0.15, 0.2) is 0 Å². The van der Waals surface area contributed by atoms with Gasteiger partial charge in [-0.25, -0.2) is 0 Å². The molecule has 0 saturated carbocycles. The summed E-state index contributed by atoms with van der Waals surface area (Å²) in [4.78, 5) is 3.87. The van der Waals surface area contributed by atoms with E-state index in [0.29, 0.717) is 5.57 Å². The molecule has 2 unspecified atom stereocenters. The predicted octanol–water partition coefficient (Wildman–Crippen LogP) is 4.38. The minimum absolute atomic E-state index is 0.163. The average Bonchev–Trinajstić information content (AvgIpc) is 2.35. The van der Waals surface area contributed by atoms with E-state index in [4.69, 9.17) is 0 Å². The fourth-order valence-electron chi connectivity index (χ4n) is 2.65. The van der Waals surface area contributed by atoms with Gasteiger partial charge in [-0.3, -0.25) is 0 Å². The lowest BCUT2D eigenvalue weighted by Gasteiger charge is -2.34. The average molecular weight is 290 g/mol. The Hall–Kier alpha value is -0.480. The monoisotopic (exact) mass is 290 g/mol. The molecule has 0 aliphatic heterocycles. The summed E-state index contributed by atoms with van der Waals surface area (Å²) < 4.78 is 27.2. The van der Waals surface area contributed by atoms with Crippen molar-refractivity contribution in [1.29, 1.82) is 0 Å². The van der Waals surface area contributed by atoms with Crippen LogP contribution in [0.15, 0.2) is 11.7 Å². The standard InChI is InChI=1S/C16H32F2N2/c1-7-9-11-13(19(3)4)15(16(17)18)14(20(5)6)12-10-8-2/h13-14H,7-12H2,1-6H3. The van der Waals surface area contributed by atoms with Crippen LogP contribution in [-0.4, -0.2) is 50.1 Å². The summed E-state index contributed by atoms with van der Waals surface area (Å²) in [5.41, 5.74) is 0.321. The first-order chi connectivity index (χ1) is 9.36. The first-order valence-electron chi connectivity index (χ1n) is 7.74. The van der Waals surface area contributed by atoms with Crippen molar-refractivity contribution < 1.29 is 8.78 Å². The third kappa shape index (κ3) is 6.31. The van der Waals surface area contributed by atoms with Crippen LogP contribution in [0.3, 0.4) is 0 Å². The first kappa shape index (κ1) is 19.5. The Labute approximate surface area is 123 Å². The van der Waals surface area contributed by atoms with E-state index < -0.39 is 6.08 Å². The summed E-state index contributed by atoms with van der Waals surface area (Å²) in [5, 5.41) is 0. The van der Waals surface area contributed by atoms with Crippen LogP contribution in [0, 0.1) is 0 Å². The lowest BCUT2D eigenvalue weighted by atomic mass is 9.91. The van der Waals surface area contributed by atoms with Crippen molar-refractivity contribution in [2.45, 2.75) is 64.5 Å². The Morgan fingerprint density at radius 2 is 1.15 bits per heavy atom. The van der Waals surface area contributed by atoms with Gasteiger partial charge in [-0.05, 0) is 41.0 Å². The summed E-state index contributed by atoms with van der Waals surface area (Å²) in [6, 6.07) is -0.326. The zero-order valence-corrected chi connectivity index (χ0v) is 14.0. The summed E-state index contributed by atoms with van der Waals surface area (Å²) in [6.45, 7) is 4.20. The number of hydrogen-bond acceptors (Lipinski definition) is 2. The lowest BCUT2D eigenvalue weighted by Crippen LogP contribution is -2.41. The summed E-state index contributed by atoms with van der Waals surface area (Å²) in [7, 11) is 7.59. The molecule has 0 N–H and O–H groups in total. The number of unbranched alkanes of at least 4 members (excludes halogenated alkanes) is 2. The number of halogens is 2. The maximum absolute atomic E-state index is 13.6. The minimum atomic E-state index is -1.49. The van der Waals surface area contributed by atoms with Crippen molar-refractivity contribution in [3.63, 3.8) is 0 Å². The van der Waals surface area contributed by atoms with Gasteiger partial charge < -0.3 is 9.80 Å². The van der Waals surface area contributed by atoms with Crippen molar-refractivity contribution in [2.24, 2.45) is 0 Å². The zero-order chi connectivity index (χ0) is 15.7.